The summed E-state index contributed by atoms with van der Waals surface area (Å²) in [6.45, 7) is 5.50. The molecule has 2 N–H and O–H groups in total. The Kier molecular flexibility index (Phi) is 4.20. The summed E-state index contributed by atoms with van der Waals surface area (Å²) in [4.78, 5) is 2.45. The molecule has 1 aliphatic carbocycles. The van der Waals surface area contributed by atoms with Gasteiger partial charge >= 0.3 is 0 Å². The van der Waals surface area contributed by atoms with Gasteiger partial charge in [-0.2, -0.15) is 0 Å². The molecule has 0 heterocycles. The normalized spacial score (nSPS) is 32.1. The van der Waals surface area contributed by atoms with Crippen LogP contribution in [0.1, 0.15) is 39.5 Å². The topological polar surface area (TPSA) is 29.3 Å². The van der Waals surface area contributed by atoms with E-state index in [1.807, 2.05) is 0 Å². The van der Waals surface area contributed by atoms with Gasteiger partial charge in [-0.3, -0.25) is 0 Å². The number of rotatable bonds is 3. The third-order valence-corrected chi connectivity index (χ3v) is 3.21. The summed E-state index contributed by atoms with van der Waals surface area (Å²) in [7, 11) is 2.22. The van der Waals surface area contributed by atoms with Crippen LogP contribution in [-0.4, -0.2) is 30.6 Å². The van der Waals surface area contributed by atoms with Gasteiger partial charge in [-0.15, -0.1) is 0 Å². The van der Waals surface area contributed by atoms with Gasteiger partial charge in [0.05, 0.1) is 0 Å². The zero-order valence-corrected chi connectivity index (χ0v) is 9.29. The van der Waals surface area contributed by atoms with Gasteiger partial charge in [0.1, 0.15) is 0 Å². The van der Waals surface area contributed by atoms with Gasteiger partial charge < -0.3 is 10.6 Å². The summed E-state index contributed by atoms with van der Waals surface area (Å²) in [6.07, 6.45) is 5.58. The highest BCUT2D eigenvalue weighted by Gasteiger charge is 2.24. The quantitative estimate of drug-likeness (QED) is 0.725. The number of likely N-dealkylation sites (N-methyl/N-ethyl adjacent to an activating group) is 1. The smallest absolute Gasteiger partial charge is 0.0139 e. The maximum absolute atomic E-state index is 5.80. The molecule has 13 heavy (non-hydrogen) atoms. The van der Waals surface area contributed by atoms with Crippen molar-refractivity contribution in [2.24, 2.45) is 11.7 Å². The summed E-state index contributed by atoms with van der Waals surface area (Å²) in [5.74, 6) is 0.859. The zero-order valence-electron chi connectivity index (χ0n) is 9.29. The molecule has 1 rings (SSSR count). The van der Waals surface area contributed by atoms with Crippen LogP contribution in [0.25, 0.3) is 0 Å². The van der Waals surface area contributed by atoms with E-state index in [-0.39, 0.29) is 0 Å². The minimum atomic E-state index is 0.305. The fourth-order valence-corrected chi connectivity index (χ4v) is 2.54. The van der Waals surface area contributed by atoms with Gasteiger partial charge in [0.25, 0.3) is 0 Å². The third-order valence-electron chi connectivity index (χ3n) is 3.21. The number of hydrogen-bond acceptors (Lipinski definition) is 2. The van der Waals surface area contributed by atoms with E-state index >= 15 is 0 Å². The lowest BCUT2D eigenvalue weighted by Gasteiger charge is -2.37. The molecule has 0 saturated heterocycles. The summed E-state index contributed by atoms with van der Waals surface area (Å²) in [5, 5.41) is 0. The van der Waals surface area contributed by atoms with Crippen LogP contribution in [0.15, 0.2) is 0 Å². The highest BCUT2D eigenvalue weighted by Crippen LogP contribution is 2.27. The van der Waals surface area contributed by atoms with Crippen LogP contribution in [0.4, 0.5) is 0 Å². The van der Waals surface area contributed by atoms with E-state index in [2.05, 4.69) is 25.8 Å². The summed E-state index contributed by atoms with van der Waals surface area (Å²) < 4.78 is 0. The Labute approximate surface area is 82.5 Å². The lowest BCUT2D eigenvalue weighted by Crippen LogP contribution is -2.44. The van der Waals surface area contributed by atoms with Gasteiger partial charge in [-0.25, -0.2) is 0 Å². The fourth-order valence-electron chi connectivity index (χ4n) is 2.54. The van der Waals surface area contributed by atoms with Crippen LogP contribution < -0.4 is 5.73 Å². The maximum Gasteiger partial charge on any atom is 0.0139 e. The molecule has 78 valence electrons. The highest BCUT2D eigenvalue weighted by molar-refractivity contribution is 4.80. The summed E-state index contributed by atoms with van der Waals surface area (Å²) in [5.41, 5.74) is 5.80. The van der Waals surface area contributed by atoms with Crippen molar-refractivity contribution in [1.29, 1.82) is 0 Å². The number of nitrogens with two attached hydrogens (primary N) is 1. The molecule has 1 saturated carbocycles. The predicted octanol–water partition coefficient (Wildman–Crippen LogP) is 1.84. The molecule has 3 unspecified atom stereocenters. The van der Waals surface area contributed by atoms with Crippen molar-refractivity contribution in [1.82, 2.24) is 4.90 Å². The molecule has 0 aromatic rings. The average molecular weight is 184 g/mol. The molecular weight excluding hydrogens is 160 g/mol. The predicted molar refractivity (Wildman–Crippen MR) is 57.7 cm³/mol. The molecule has 0 radical (unpaired) electrons. The van der Waals surface area contributed by atoms with Crippen LogP contribution in [-0.2, 0) is 0 Å². The van der Waals surface area contributed by atoms with Crippen LogP contribution in [0.5, 0.6) is 0 Å². The van der Waals surface area contributed by atoms with Gasteiger partial charge in [0.2, 0.25) is 0 Å². The van der Waals surface area contributed by atoms with Crippen molar-refractivity contribution in [2.45, 2.75) is 51.6 Å². The van der Waals surface area contributed by atoms with E-state index in [0.717, 1.165) is 18.5 Å². The molecule has 0 amide bonds. The minimum Gasteiger partial charge on any atom is -0.327 e. The van der Waals surface area contributed by atoms with E-state index in [4.69, 9.17) is 5.73 Å². The minimum absolute atomic E-state index is 0.305. The van der Waals surface area contributed by atoms with Gasteiger partial charge in [-0.05, 0) is 32.7 Å². The Bertz CT molecular complexity index is 145. The molecule has 0 bridgehead atoms. The lowest BCUT2D eigenvalue weighted by atomic mass is 9.85. The summed E-state index contributed by atoms with van der Waals surface area (Å²) >= 11 is 0. The second kappa shape index (κ2) is 4.97. The first-order valence-corrected chi connectivity index (χ1v) is 5.57. The van der Waals surface area contributed by atoms with Crippen molar-refractivity contribution in [3.05, 3.63) is 0 Å². The first-order valence-electron chi connectivity index (χ1n) is 5.57. The molecule has 1 fully saturated rings. The molecular formula is C11H24N2. The Hall–Kier alpha value is -0.0800. The molecule has 1 aliphatic rings. The Morgan fingerprint density at radius 1 is 1.38 bits per heavy atom. The van der Waals surface area contributed by atoms with Crippen LogP contribution in [0, 0.1) is 5.92 Å². The van der Waals surface area contributed by atoms with Gasteiger partial charge in [0.15, 0.2) is 0 Å². The van der Waals surface area contributed by atoms with Gasteiger partial charge in [-0.1, -0.05) is 19.8 Å². The number of hydrogen-bond donors (Lipinski definition) is 1. The molecule has 2 heteroatoms. The summed E-state index contributed by atoms with van der Waals surface area (Å²) in [6, 6.07) is 1.08. The van der Waals surface area contributed by atoms with Crippen molar-refractivity contribution in [3.8, 4) is 0 Å². The van der Waals surface area contributed by atoms with Crippen LogP contribution in [0.3, 0.4) is 0 Å². The SMILES string of the molecule is CC(N)CN(C)C1CCCCC1C. The first-order chi connectivity index (χ1) is 6.11. The van der Waals surface area contributed by atoms with Crippen molar-refractivity contribution in [3.63, 3.8) is 0 Å². The third kappa shape index (κ3) is 3.28. The maximum atomic E-state index is 5.80. The lowest BCUT2D eigenvalue weighted by molar-refractivity contribution is 0.135. The highest BCUT2D eigenvalue weighted by atomic mass is 15.1. The average Bonchev–Trinajstić information content (AvgIpc) is 2.03. The first kappa shape index (κ1) is 11.0. The van der Waals surface area contributed by atoms with E-state index in [9.17, 15) is 0 Å². The van der Waals surface area contributed by atoms with E-state index in [1.54, 1.807) is 0 Å². The van der Waals surface area contributed by atoms with Crippen LogP contribution >= 0.6 is 0 Å². The van der Waals surface area contributed by atoms with Crippen molar-refractivity contribution in [2.75, 3.05) is 13.6 Å². The Balaban J connectivity index is 2.39. The Morgan fingerprint density at radius 3 is 2.54 bits per heavy atom. The fraction of sp³-hybridized carbons (Fsp3) is 1.00. The standard InChI is InChI=1S/C11H24N2/c1-9-6-4-5-7-11(9)13(3)8-10(2)12/h9-11H,4-8,12H2,1-3H3. The number of nitrogens with zero attached hydrogens (tertiary/aromatic N) is 1. The second-order valence-electron chi connectivity index (χ2n) is 4.75. The largest absolute Gasteiger partial charge is 0.327 e. The Morgan fingerprint density at radius 2 is 2.00 bits per heavy atom. The van der Waals surface area contributed by atoms with E-state index in [1.165, 1.54) is 25.7 Å². The second-order valence-corrected chi connectivity index (χ2v) is 4.75. The monoisotopic (exact) mass is 184 g/mol. The molecule has 3 atom stereocenters. The molecule has 0 aliphatic heterocycles. The van der Waals surface area contributed by atoms with E-state index in [0.29, 0.717) is 6.04 Å². The van der Waals surface area contributed by atoms with E-state index < -0.39 is 0 Å². The molecule has 0 aromatic heterocycles. The van der Waals surface area contributed by atoms with Gasteiger partial charge in [0, 0.05) is 18.6 Å². The van der Waals surface area contributed by atoms with Crippen molar-refractivity contribution >= 4 is 0 Å². The molecule has 2 nitrogen and oxygen atoms in total. The van der Waals surface area contributed by atoms with Crippen LogP contribution in [0.2, 0.25) is 0 Å². The molecule has 0 aromatic carbocycles. The molecule has 0 spiro atoms. The van der Waals surface area contributed by atoms with Crippen molar-refractivity contribution < 1.29 is 0 Å². The zero-order chi connectivity index (χ0) is 9.84.